The third-order valence-electron chi connectivity index (χ3n) is 3.51. The first kappa shape index (κ1) is 15.4. The minimum atomic E-state index is -0.355. The monoisotopic (exact) mass is 333 g/mol. The Balaban J connectivity index is 1.73. The first-order chi connectivity index (χ1) is 10.6. The molecule has 1 aliphatic heterocycles. The van der Waals surface area contributed by atoms with Crippen molar-refractivity contribution in [1.29, 1.82) is 0 Å². The number of hydrogen-bond acceptors (Lipinski definition) is 3. The van der Waals surface area contributed by atoms with E-state index in [0.29, 0.717) is 15.8 Å². The van der Waals surface area contributed by atoms with Gasteiger partial charge in [-0.15, -0.1) is 23.5 Å². The molecule has 2 aromatic rings. The van der Waals surface area contributed by atoms with Crippen molar-refractivity contribution in [3.63, 3.8) is 0 Å². The maximum atomic E-state index is 13.3. The lowest BCUT2D eigenvalue weighted by molar-refractivity contribution is 0.102. The number of thioether (sulfide) groups is 2. The molecular formula is C17H16FNOS2. The lowest BCUT2D eigenvalue weighted by Gasteiger charge is -2.11. The zero-order valence-corrected chi connectivity index (χ0v) is 13.8. The van der Waals surface area contributed by atoms with Gasteiger partial charge in [-0.05, 0) is 42.3 Å². The van der Waals surface area contributed by atoms with Crippen LogP contribution >= 0.6 is 23.5 Å². The fourth-order valence-corrected chi connectivity index (χ4v) is 5.13. The van der Waals surface area contributed by atoms with Crippen molar-refractivity contribution in [1.82, 2.24) is 0 Å². The zero-order chi connectivity index (χ0) is 15.5. The second kappa shape index (κ2) is 6.75. The normalized spacial score (nSPS) is 15.0. The van der Waals surface area contributed by atoms with Crippen molar-refractivity contribution in [3.8, 4) is 0 Å². The molecule has 1 heterocycles. The summed E-state index contributed by atoms with van der Waals surface area (Å²) in [5.41, 5.74) is 3.17. The number of aryl methyl sites for hydroxylation is 1. The number of halogens is 1. The van der Waals surface area contributed by atoms with Crippen molar-refractivity contribution in [2.45, 2.75) is 11.5 Å². The molecule has 0 spiro atoms. The summed E-state index contributed by atoms with van der Waals surface area (Å²) in [4.78, 5) is 12.3. The van der Waals surface area contributed by atoms with Crippen LogP contribution in [0, 0.1) is 12.7 Å². The van der Waals surface area contributed by atoms with Gasteiger partial charge in [-0.3, -0.25) is 4.79 Å². The molecule has 0 atom stereocenters. The van der Waals surface area contributed by atoms with Gasteiger partial charge in [0.1, 0.15) is 5.82 Å². The van der Waals surface area contributed by atoms with E-state index < -0.39 is 0 Å². The molecule has 114 valence electrons. The van der Waals surface area contributed by atoms with Gasteiger partial charge in [0.15, 0.2) is 0 Å². The van der Waals surface area contributed by atoms with Gasteiger partial charge in [0.25, 0.3) is 5.91 Å². The van der Waals surface area contributed by atoms with Crippen LogP contribution in [0.2, 0.25) is 0 Å². The van der Waals surface area contributed by atoms with Gasteiger partial charge in [-0.2, -0.15) is 0 Å². The van der Waals surface area contributed by atoms with E-state index in [1.54, 1.807) is 6.07 Å². The number of anilines is 1. The van der Waals surface area contributed by atoms with Crippen LogP contribution in [0.4, 0.5) is 10.1 Å². The number of carbonyl (C=O) groups is 1. The maximum Gasteiger partial charge on any atom is 0.255 e. The summed E-state index contributed by atoms with van der Waals surface area (Å²) < 4.78 is 13.7. The molecule has 2 nitrogen and oxygen atoms in total. The lowest BCUT2D eigenvalue weighted by Crippen LogP contribution is -2.13. The van der Waals surface area contributed by atoms with E-state index in [1.165, 1.54) is 29.2 Å². The third-order valence-corrected chi connectivity index (χ3v) is 6.62. The van der Waals surface area contributed by atoms with Gasteiger partial charge >= 0.3 is 0 Å². The average Bonchev–Trinajstić information content (AvgIpc) is 3.05. The molecule has 1 fully saturated rings. The van der Waals surface area contributed by atoms with Crippen LogP contribution < -0.4 is 5.32 Å². The fraction of sp³-hybridized carbons (Fsp3) is 0.235. The highest BCUT2D eigenvalue weighted by Crippen LogP contribution is 2.45. The van der Waals surface area contributed by atoms with Crippen molar-refractivity contribution in [2.75, 3.05) is 16.8 Å². The van der Waals surface area contributed by atoms with Gasteiger partial charge < -0.3 is 5.32 Å². The van der Waals surface area contributed by atoms with E-state index >= 15 is 0 Å². The molecule has 1 amide bonds. The van der Waals surface area contributed by atoms with Crippen molar-refractivity contribution in [2.24, 2.45) is 0 Å². The molecule has 5 heteroatoms. The van der Waals surface area contributed by atoms with Gasteiger partial charge in [0.05, 0.1) is 4.58 Å². The Morgan fingerprint density at radius 2 is 1.82 bits per heavy atom. The average molecular weight is 333 g/mol. The molecule has 22 heavy (non-hydrogen) atoms. The molecule has 1 N–H and O–H groups in total. The first-order valence-electron chi connectivity index (χ1n) is 7.04. The minimum Gasteiger partial charge on any atom is -0.322 e. The standard InChI is InChI=1S/C17H16FNOS2/c1-11-2-7-14(18)10-15(11)19-16(20)12-3-5-13(6-4-12)17-21-8-9-22-17/h2-7,10,17H,8-9H2,1H3,(H,19,20). The largest absolute Gasteiger partial charge is 0.322 e. The molecule has 0 aromatic heterocycles. The predicted molar refractivity (Wildman–Crippen MR) is 93.2 cm³/mol. The zero-order valence-electron chi connectivity index (χ0n) is 12.1. The molecule has 0 aliphatic carbocycles. The number of amides is 1. The Bertz CT molecular complexity index is 682. The smallest absolute Gasteiger partial charge is 0.255 e. The molecule has 1 aliphatic rings. The van der Waals surface area contributed by atoms with Crippen molar-refractivity contribution >= 4 is 35.1 Å². The van der Waals surface area contributed by atoms with E-state index in [4.69, 9.17) is 0 Å². The topological polar surface area (TPSA) is 29.1 Å². The van der Waals surface area contributed by atoms with Gasteiger partial charge in [0, 0.05) is 22.8 Å². The van der Waals surface area contributed by atoms with Crippen LogP contribution in [-0.4, -0.2) is 17.4 Å². The van der Waals surface area contributed by atoms with E-state index in [-0.39, 0.29) is 11.7 Å². The lowest BCUT2D eigenvalue weighted by atomic mass is 10.1. The number of benzene rings is 2. The van der Waals surface area contributed by atoms with Gasteiger partial charge in [-0.25, -0.2) is 4.39 Å². The summed E-state index contributed by atoms with van der Waals surface area (Å²) in [5, 5.41) is 2.77. The van der Waals surface area contributed by atoms with Crippen molar-refractivity contribution in [3.05, 3.63) is 65.0 Å². The summed E-state index contributed by atoms with van der Waals surface area (Å²) in [7, 11) is 0. The molecule has 0 radical (unpaired) electrons. The van der Waals surface area contributed by atoms with Crippen LogP contribution in [0.5, 0.6) is 0 Å². The Morgan fingerprint density at radius 3 is 2.50 bits per heavy atom. The number of carbonyl (C=O) groups excluding carboxylic acids is 1. The Labute approximate surface area is 137 Å². The minimum absolute atomic E-state index is 0.216. The fourth-order valence-electron chi connectivity index (χ4n) is 2.27. The van der Waals surface area contributed by atoms with Gasteiger partial charge in [0.2, 0.25) is 0 Å². The van der Waals surface area contributed by atoms with E-state index in [9.17, 15) is 9.18 Å². The summed E-state index contributed by atoms with van der Waals surface area (Å²) in [6.07, 6.45) is 0. The highest BCUT2D eigenvalue weighted by molar-refractivity contribution is 8.19. The molecule has 0 unspecified atom stereocenters. The third kappa shape index (κ3) is 3.47. The van der Waals surface area contributed by atoms with E-state index in [1.807, 2.05) is 54.7 Å². The second-order valence-corrected chi connectivity index (χ2v) is 7.83. The van der Waals surface area contributed by atoms with Crippen LogP contribution in [0.25, 0.3) is 0 Å². The highest BCUT2D eigenvalue weighted by atomic mass is 32.2. The quantitative estimate of drug-likeness (QED) is 0.869. The molecular weight excluding hydrogens is 317 g/mol. The summed E-state index contributed by atoms with van der Waals surface area (Å²) in [6, 6.07) is 12.1. The van der Waals surface area contributed by atoms with Crippen LogP contribution in [0.1, 0.15) is 26.1 Å². The maximum absolute atomic E-state index is 13.3. The molecule has 2 aromatic carbocycles. The first-order valence-corrected chi connectivity index (χ1v) is 9.14. The highest BCUT2D eigenvalue weighted by Gasteiger charge is 2.18. The molecule has 0 bridgehead atoms. The Hall–Kier alpha value is -1.46. The Morgan fingerprint density at radius 1 is 1.14 bits per heavy atom. The number of rotatable bonds is 3. The number of nitrogens with one attached hydrogen (secondary N) is 1. The van der Waals surface area contributed by atoms with Crippen molar-refractivity contribution < 1.29 is 9.18 Å². The van der Waals surface area contributed by atoms with E-state index in [2.05, 4.69) is 5.32 Å². The summed E-state index contributed by atoms with van der Waals surface area (Å²) in [6.45, 7) is 1.84. The van der Waals surface area contributed by atoms with Crippen LogP contribution in [-0.2, 0) is 0 Å². The molecule has 0 saturated carbocycles. The van der Waals surface area contributed by atoms with Crippen LogP contribution in [0.15, 0.2) is 42.5 Å². The molecule has 3 rings (SSSR count). The predicted octanol–water partition coefficient (Wildman–Crippen LogP) is 4.87. The van der Waals surface area contributed by atoms with E-state index in [0.717, 1.165) is 5.56 Å². The van der Waals surface area contributed by atoms with Crippen LogP contribution in [0.3, 0.4) is 0 Å². The van der Waals surface area contributed by atoms with Gasteiger partial charge in [-0.1, -0.05) is 18.2 Å². The SMILES string of the molecule is Cc1ccc(F)cc1NC(=O)c1ccc(C2SCCS2)cc1. The Kier molecular flexibility index (Phi) is 4.74. The summed E-state index contributed by atoms with van der Waals surface area (Å²) >= 11 is 3.87. The summed E-state index contributed by atoms with van der Waals surface area (Å²) in [5.74, 6) is 1.78. The second-order valence-electron chi connectivity index (χ2n) is 5.11. The number of hydrogen-bond donors (Lipinski definition) is 1. The molecule has 1 saturated heterocycles.